The van der Waals surface area contributed by atoms with Crippen LogP contribution in [0.4, 0.5) is 11.4 Å². The minimum Gasteiger partial charge on any atom is -0.322 e. The number of nitrogens with one attached hydrogen (secondary N) is 1. The van der Waals surface area contributed by atoms with Crippen molar-refractivity contribution in [2.75, 3.05) is 10.2 Å². The van der Waals surface area contributed by atoms with Gasteiger partial charge in [-0.25, -0.2) is 4.90 Å². The number of carbonyl (C=O) groups is 3. The summed E-state index contributed by atoms with van der Waals surface area (Å²) in [6, 6.07) is 16.8. The third-order valence-corrected chi connectivity index (χ3v) is 5.28. The van der Waals surface area contributed by atoms with E-state index in [0.717, 1.165) is 16.0 Å². The predicted octanol–water partition coefficient (Wildman–Crippen LogP) is 5.01. The fraction of sp³-hybridized carbons (Fsp3) is 0.0870. The highest BCUT2D eigenvalue weighted by Crippen LogP contribution is 2.29. The lowest BCUT2D eigenvalue weighted by atomic mass is 10.1. The third kappa shape index (κ3) is 3.41. The predicted molar refractivity (Wildman–Crippen MR) is 113 cm³/mol. The van der Waals surface area contributed by atoms with Gasteiger partial charge in [0.2, 0.25) is 0 Å². The van der Waals surface area contributed by atoms with Crippen LogP contribution in [-0.4, -0.2) is 17.7 Å². The maximum atomic E-state index is 12.9. The third-order valence-electron chi connectivity index (χ3n) is 4.86. The van der Waals surface area contributed by atoms with Crippen LogP contribution in [0.15, 0.2) is 60.7 Å². The second-order valence-electron chi connectivity index (χ2n) is 6.96. The van der Waals surface area contributed by atoms with Crippen LogP contribution in [0.2, 0.25) is 5.02 Å². The number of amides is 3. The molecule has 0 spiro atoms. The summed E-state index contributed by atoms with van der Waals surface area (Å²) >= 11 is 6.01. The number of hydrogen-bond acceptors (Lipinski definition) is 3. The highest BCUT2D eigenvalue weighted by molar-refractivity contribution is 6.35. The van der Waals surface area contributed by atoms with E-state index >= 15 is 0 Å². The zero-order chi connectivity index (χ0) is 20.7. The zero-order valence-electron chi connectivity index (χ0n) is 15.8. The number of aryl methyl sites for hydroxylation is 2. The number of carbonyl (C=O) groups excluding carboxylic acids is 3. The van der Waals surface area contributed by atoms with Crippen LogP contribution >= 0.6 is 11.6 Å². The van der Waals surface area contributed by atoms with Crippen molar-refractivity contribution in [3.05, 3.63) is 93.5 Å². The van der Waals surface area contributed by atoms with Crippen LogP contribution in [0.5, 0.6) is 0 Å². The summed E-state index contributed by atoms with van der Waals surface area (Å²) in [5.41, 5.74) is 3.77. The molecule has 0 radical (unpaired) electrons. The number of nitrogens with zero attached hydrogens (tertiary/aromatic N) is 1. The highest BCUT2D eigenvalue weighted by atomic mass is 35.5. The Balaban J connectivity index is 1.62. The van der Waals surface area contributed by atoms with Gasteiger partial charge in [0.15, 0.2) is 0 Å². The van der Waals surface area contributed by atoms with Crippen molar-refractivity contribution in [2.45, 2.75) is 13.8 Å². The Morgan fingerprint density at radius 1 is 0.862 bits per heavy atom. The molecule has 5 nitrogen and oxygen atoms in total. The van der Waals surface area contributed by atoms with Gasteiger partial charge in [-0.3, -0.25) is 14.4 Å². The minimum atomic E-state index is -0.439. The number of fused-ring (bicyclic) bond motifs is 1. The molecule has 4 rings (SSSR count). The van der Waals surface area contributed by atoms with Crippen molar-refractivity contribution in [3.63, 3.8) is 0 Å². The van der Waals surface area contributed by atoms with Gasteiger partial charge in [-0.05, 0) is 67.9 Å². The summed E-state index contributed by atoms with van der Waals surface area (Å²) < 4.78 is 0. The molecule has 1 N–H and O–H groups in total. The Morgan fingerprint density at radius 3 is 2.24 bits per heavy atom. The quantitative estimate of drug-likeness (QED) is 0.624. The summed E-state index contributed by atoms with van der Waals surface area (Å²) in [6.45, 7) is 3.77. The maximum Gasteiger partial charge on any atom is 0.266 e. The smallest absolute Gasteiger partial charge is 0.266 e. The normalized spacial score (nSPS) is 12.9. The van der Waals surface area contributed by atoms with Crippen LogP contribution in [0.25, 0.3) is 0 Å². The van der Waals surface area contributed by atoms with Gasteiger partial charge >= 0.3 is 0 Å². The molecule has 0 fully saturated rings. The molecule has 0 aliphatic carbocycles. The number of halogens is 1. The summed E-state index contributed by atoms with van der Waals surface area (Å²) in [4.78, 5) is 39.4. The molecule has 3 aromatic rings. The van der Waals surface area contributed by atoms with Gasteiger partial charge in [-0.2, -0.15) is 0 Å². The largest absolute Gasteiger partial charge is 0.322 e. The molecule has 3 aromatic carbocycles. The van der Waals surface area contributed by atoms with E-state index in [1.807, 2.05) is 26.0 Å². The molecule has 6 heteroatoms. The molecule has 0 aromatic heterocycles. The molecule has 1 aliphatic rings. The monoisotopic (exact) mass is 404 g/mol. The van der Waals surface area contributed by atoms with E-state index in [-0.39, 0.29) is 17.0 Å². The van der Waals surface area contributed by atoms with E-state index in [0.29, 0.717) is 22.0 Å². The van der Waals surface area contributed by atoms with Crippen LogP contribution in [-0.2, 0) is 0 Å². The first-order valence-electron chi connectivity index (χ1n) is 9.02. The van der Waals surface area contributed by atoms with Crippen molar-refractivity contribution >= 4 is 40.7 Å². The fourth-order valence-electron chi connectivity index (χ4n) is 3.24. The van der Waals surface area contributed by atoms with E-state index in [9.17, 15) is 14.4 Å². The average molecular weight is 405 g/mol. The molecule has 29 heavy (non-hydrogen) atoms. The second-order valence-corrected chi connectivity index (χ2v) is 7.37. The number of benzene rings is 3. The molecule has 3 amide bonds. The summed E-state index contributed by atoms with van der Waals surface area (Å²) in [6.07, 6.45) is 0. The van der Waals surface area contributed by atoms with Crippen molar-refractivity contribution < 1.29 is 14.4 Å². The lowest BCUT2D eigenvalue weighted by molar-refractivity contribution is 0.0925. The van der Waals surface area contributed by atoms with Crippen LogP contribution in [0.3, 0.4) is 0 Å². The first kappa shape index (κ1) is 18.9. The molecule has 0 atom stereocenters. The molecule has 144 valence electrons. The first-order valence-corrected chi connectivity index (χ1v) is 9.40. The zero-order valence-corrected chi connectivity index (χ0v) is 16.6. The van der Waals surface area contributed by atoms with E-state index in [2.05, 4.69) is 5.32 Å². The summed E-state index contributed by atoms with van der Waals surface area (Å²) in [5.74, 6) is -1.21. The molecule has 0 saturated heterocycles. The van der Waals surface area contributed by atoms with Gasteiger partial charge < -0.3 is 5.32 Å². The molecule has 0 saturated carbocycles. The van der Waals surface area contributed by atoms with Crippen molar-refractivity contribution in [1.29, 1.82) is 0 Å². The van der Waals surface area contributed by atoms with E-state index in [1.54, 1.807) is 36.4 Å². The topological polar surface area (TPSA) is 66.5 Å². The molecule has 0 bridgehead atoms. The van der Waals surface area contributed by atoms with E-state index in [4.69, 9.17) is 11.6 Å². The SMILES string of the molecule is Cc1ccc(N2C(=O)c3ccc(C(=O)Nc4ccc(Cl)c(C)c4)cc3C2=O)cc1. The second kappa shape index (κ2) is 7.18. The minimum absolute atomic E-state index is 0.218. The van der Waals surface area contributed by atoms with Crippen molar-refractivity contribution in [3.8, 4) is 0 Å². The van der Waals surface area contributed by atoms with Gasteiger partial charge in [0.05, 0.1) is 16.8 Å². The highest BCUT2D eigenvalue weighted by Gasteiger charge is 2.37. The van der Waals surface area contributed by atoms with Crippen LogP contribution in [0.1, 0.15) is 42.2 Å². The first-order chi connectivity index (χ1) is 13.8. The molecule has 1 heterocycles. The Labute approximate surface area is 172 Å². The Morgan fingerprint density at radius 2 is 1.55 bits per heavy atom. The summed E-state index contributed by atoms with van der Waals surface area (Å²) in [7, 11) is 0. The average Bonchev–Trinajstić information content (AvgIpc) is 2.95. The number of imide groups is 1. The summed E-state index contributed by atoms with van der Waals surface area (Å²) in [5, 5.41) is 3.40. The maximum absolute atomic E-state index is 12.9. The molecule has 0 unspecified atom stereocenters. The Hall–Kier alpha value is -3.44. The molecule has 1 aliphatic heterocycles. The van der Waals surface area contributed by atoms with Gasteiger partial charge in [-0.15, -0.1) is 0 Å². The molecular formula is C23H17ClN2O3. The standard InChI is InChI=1S/C23H17ClN2O3/c1-13-3-7-17(8-4-13)26-22(28)18-9-5-15(12-19(18)23(26)29)21(27)25-16-6-10-20(24)14(2)11-16/h3-12H,1-2H3,(H,25,27). The lowest BCUT2D eigenvalue weighted by Crippen LogP contribution is -2.29. The Kier molecular flexibility index (Phi) is 4.68. The van der Waals surface area contributed by atoms with Gasteiger partial charge in [0.25, 0.3) is 17.7 Å². The van der Waals surface area contributed by atoms with Gasteiger partial charge in [0, 0.05) is 16.3 Å². The van der Waals surface area contributed by atoms with Crippen molar-refractivity contribution in [1.82, 2.24) is 0 Å². The van der Waals surface area contributed by atoms with E-state index in [1.165, 1.54) is 12.1 Å². The fourth-order valence-corrected chi connectivity index (χ4v) is 3.35. The van der Waals surface area contributed by atoms with Crippen molar-refractivity contribution in [2.24, 2.45) is 0 Å². The number of anilines is 2. The number of rotatable bonds is 3. The molecular weight excluding hydrogens is 388 g/mol. The number of hydrogen-bond donors (Lipinski definition) is 1. The van der Waals surface area contributed by atoms with Crippen LogP contribution < -0.4 is 10.2 Å². The van der Waals surface area contributed by atoms with E-state index < -0.39 is 11.8 Å². The lowest BCUT2D eigenvalue weighted by Gasteiger charge is -2.13. The van der Waals surface area contributed by atoms with Gasteiger partial charge in [-0.1, -0.05) is 29.3 Å². The Bertz CT molecular complexity index is 1170. The van der Waals surface area contributed by atoms with Gasteiger partial charge in [0.1, 0.15) is 0 Å². The van der Waals surface area contributed by atoms with Crippen LogP contribution in [0, 0.1) is 13.8 Å².